The van der Waals surface area contributed by atoms with Gasteiger partial charge in [0.05, 0.1) is 35.1 Å². The second-order valence-corrected chi connectivity index (χ2v) is 8.49. The first-order valence-electron chi connectivity index (χ1n) is 10.7. The molecule has 0 aliphatic rings. The summed E-state index contributed by atoms with van der Waals surface area (Å²) in [4.78, 5) is 12.6. The molecule has 4 aromatic rings. The lowest BCUT2D eigenvalue weighted by Crippen LogP contribution is -2.19. The highest BCUT2D eigenvalue weighted by molar-refractivity contribution is 5.75. The number of aromatic nitrogens is 5. The number of pyridine rings is 2. The molecule has 0 unspecified atom stereocenters. The molecule has 0 atom stereocenters. The number of fused-ring (bicyclic) bond motifs is 1. The molecule has 0 radical (unpaired) electrons. The molecule has 0 fully saturated rings. The zero-order chi connectivity index (χ0) is 25.0. The molecule has 0 saturated heterocycles. The molecule has 35 heavy (non-hydrogen) atoms. The van der Waals surface area contributed by atoms with Crippen molar-refractivity contribution in [1.29, 1.82) is 5.26 Å². The third kappa shape index (κ3) is 5.97. The van der Waals surface area contributed by atoms with Crippen LogP contribution in [0.2, 0.25) is 0 Å². The van der Waals surface area contributed by atoms with Gasteiger partial charge in [-0.1, -0.05) is 0 Å². The number of ether oxygens (including phenoxy) is 2. The number of hydrogen-bond acceptors (Lipinski definition) is 8. The largest absolute Gasteiger partial charge is 0.490 e. The minimum absolute atomic E-state index is 0.0425. The van der Waals surface area contributed by atoms with Gasteiger partial charge in [0.25, 0.3) is 6.43 Å². The monoisotopic (exact) mass is 479 g/mol. The molecule has 9 nitrogen and oxygen atoms in total. The summed E-state index contributed by atoms with van der Waals surface area (Å²) in [5, 5.41) is 16.9. The zero-order valence-corrected chi connectivity index (χ0v) is 19.4. The van der Waals surface area contributed by atoms with Crippen LogP contribution >= 0.6 is 0 Å². The lowest BCUT2D eigenvalue weighted by molar-refractivity contribution is 0.0795. The molecular formula is C24H23F2N7O2. The van der Waals surface area contributed by atoms with Crippen LogP contribution in [-0.4, -0.2) is 44.2 Å². The number of nitrogens with zero attached hydrogens (tertiary/aromatic N) is 6. The molecule has 11 heteroatoms. The SMILES string of the molecule is Cc1cncc(Nc2cc3cc(-c4cc(OCC(F)F)ncc4OCC(C)(C)C#N)ccn3n2)n1. The van der Waals surface area contributed by atoms with E-state index >= 15 is 0 Å². The van der Waals surface area contributed by atoms with Gasteiger partial charge in [-0.05, 0) is 38.5 Å². The fraction of sp³-hybridized carbons (Fsp3) is 0.292. The number of hydrogen-bond donors (Lipinski definition) is 1. The number of nitrogens with one attached hydrogen (secondary N) is 1. The molecule has 4 heterocycles. The summed E-state index contributed by atoms with van der Waals surface area (Å²) in [6, 6.07) is 9.24. The fourth-order valence-electron chi connectivity index (χ4n) is 3.16. The third-order valence-corrected chi connectivity index (χ3v) is 4.88. The zero-order valence-electron chi connectivity index (χ0n) is 19.4. The Morgan fingerprint density at radius 2 is 1.97 bits per heavy atom. The summed E-state index contributed by atoms with van der Waals surface area (Å²) in [5.74, 6) is 1.58. The van der Waals surface area contributed by atoms with Crippen LogP contribution in [0.5, 0.6) is 11.6 Å². The van der Waals surface area contributed by atoms with E-state index < -0.39 is 18.4 Å². The number of anilines is 2. The van der Waals surface area contributed by atoms with E-state index in [0.29, 0.717) is 22.9 Å². The maximum Gasteiger partial charge on any atom is 0.272 e. The number of alkyl halides is 2. The minimum Gasteiger partial charge on any atom is -0.490 e. The van der Waals surface area contributed by atoms with Crippen molar-refractivity contribution in [3.8, 4) is 28.8 Å². The van der Waals surface area contributed by atoms with Crippen molar-refractivity contribution in [2.24, 2.45) is 5.41 Å². The summed E-state index contributed by atoms with van der Waals surface area (Å²) in [6.45, 7) is 4.71. The van der Waals surface area contributed by atoms with Gasteiger partial charge < -0.3 is 14.8 Å². The van der Waals surface area contributed by atoms with Gasteiger partial charge in [0.15, 0.2) is 12.4 Å². The van der Waals surface area contributed by atoms with Gasteiger partial charge in [0, 0.05) is 30.1 Å². The minimum atomic E-state index is -2.63. The summed E-state index contributed by atoms with van der Waals surface area (Å²) < 4.78 is 38.0. The second-order valence-electron chi connectivity index (χ2n) is 8.49. The van der Waals surface area contributed by atoms with E-state index in [1.807, 2.05) is 25.1 Å². The topological polar surface area (TPSA) is 110 Å². The maximum absolute atomic E-state index is 12.6. The number of aryl methyl sites for hydroxylation is 1. The Morgan fingerprint density at radius 1 is 1.14 bits per heavy atom. The van der Waals surface area contributed by atoms with Crippen molar-refractivity contribution in [3.63, 3.8) is 0 Å². The Morgan fingerprint density at radius 3 is 2.71 bits per heavy atom. The second kappa shape index (κ2) is 9.89. The van der Waals surface area contributed by atoms with Crippen molar-refractivity contribution in [3.05, 3.63) is 54.7 Å². The van der Waals surface area contributed by atoms with E-state index in [1.54, 1.807) is 43.0 Å². The molecule has 4 aromatic heterocycles. The van der Waals surface area contributed by atoms with Crippen molar-refractivity contribution in [2.45, 2.75) is 27.2 Å². The predicted octanol–water partition coefficient (Wildman–Crippen LogP) is 4.81. The van der Waals surface area contributed by atoms with Gasteiger partial charge in [-0.15, -0.1) is 0 Å². The normalized spacial score (nSPS) is 11.5. The molecule has 0 bridgehead atoms. The smallest absolute Gasteiger partial charge is 0.272 e. The van der Waals surface area contributed by atoms with E-state index in [9.17, 15) is 14.0 Å². The molecule has 180 valence electrons. The highest BCUT2D eigenvalue weighted by atomic mass is 19.3. The third-order valence-electron chi connectivity index (χ3n) is 4.88. The highest BCUT2D eigenvalue weighted by Crippen LogP contribution is 2.34. The van der Waals surface area contributed by atoms with Crippen molar-refractivity contribution < 1.29 is 18.3 Å². The summed E-state index contributed by atoms with van der Waals surface area (Å²) in [5.41, 5.74) is 2.13. The van der Waals surface area contributed by atoms with Crippen LogP contribution in [0.4, 0.5) is 20.4 Å². The molecule has 0 amide bonds. The highest BCUT2D eigenvalue weighted by Gasteiger charge is 2.20. The van der Waals surface area contributed by atoms with Gasteiger partial charge in [0.1, 0.15) is 18.2 Å². The molecule has 0 saturated carbocycles. The first-order chi connectivity index (χ1) is 16.7. The molecule has 4 rings (SSSR count). The Hall–Kier alpha value is -4.33. The van der Waals surface area contributed by atoms with Crippen LogP contribution < -0.4 is 14.8 Å². The standard InChI is InChI=1S/C24H23F2N7O2/c1-15-9-28-11-22(30-15)31-21-7-17-6-16(4-5-33(17)32-21)18-8-23(34-12-20(25)26)29-10-19(18)35-14-24(2,3)13-27/h4-11,20H,12,14H2,1-3H3,(H,30,31,32). The summed E-state index contributed by atoms with van der Waals surface area (Å²) >= 11 is 0. The number of rotatable bonds is 9. The lowest BCUT2D eigenvalue weighted by Gasteiger charge is -2.18. The predicted molar refractivity (Wildman–Crippen MR) is 125 cm³/mol. The molecule has 0 aliphatic heterocycles. The molecular weight excluding hydrogens is 456 g/mol. The van der Waals surface area contributed by atoms with E-state index in [-0.39, 0.29) is 12.5 Å². The molecule has 0 spiro atoms. The summed E-state index contributed by atoms with van der Waals surface area (Å²) in [6.07, 6.45) is 3.81. The Labute approximate surface area is 200 Å². The Bertz CT molecular complexity index is 1380. The Balaban J connectivity index is 1.67. The fourth-order valence-corrected chi connectivity index (χ4v) is 3.16. The average Bonchev–Trinajstić information content (AvgIpc) is 3.23. The van der Waals surface area contributed by atoms with E-state index in [4.69, 9.17) is 9.47 Å². The molecule has 0 aliphatic carbocycles. The number of nitriles is 1. The lowest BCUT2D eigenvalue weighted by atomic mass is 9.97. The van der Waals surface area contributed by atoms with Crippen LogP contribution in [-0.2, 0) is 0 Å². The van der Waals surface area contributed by atoms with E-state index in [1.165, 1.54) is 6.20 Å². The van der Waals surface area contributed by atoms with Crippen LogP contribution in [0.3, 0.4) is 0 Å². The van der Waals surface area contributed by atoms with Gasteiger partial charge in [-0.3, -0.25) is 4.98 Å². The number of halogens is 2. The first kappa shape index (κ1) is 23.8. The van der Waals surface area contributed by atoms with Crippen LogP contribution in [0.15, 0.2) is 49.1 Å². The van der Waals surface area contributed by atoms with Crippen molar-refractivity contribution in [2.75, 3.05) is 18.5 Å². The van der Waals surface area contributed by atoms with Crippen LogP contribution in [0.25, 0.3) is 16.6 Å². The van der Waals surface area contributed by atoms with Crippen LogP contribution in [0, 0.1) is 23.7 Å². The molecule has 1 N–H and O–H groups in total. The Kier molecular flexibility index (Phi) is 6.73. The van der Waals surface area contributed by atoms with Crippen molar-refractivity contribution >= 4 is 17.2 Å². The first-order valence-corrected chi connectivity index (χ1v) is 10.7. The van der Waals surface area contributed by atoms with Crippen molar-refractivity contribution in [1.82, 2.24) is 24.6 Å². The van der Waals surface area contributed by atoms with Gasteiger partial charge in [-0.25, -0.2) is 23.3 Å². The summed E-state index contributed by atoms with van der Waals surface area (Å²) in [7, 11) is 0. The van der Waals surface area contributed by atoms with Gasteiger partial charge in [0.2, 0.25) is 5.88 Å². The van der Waals surface area contributed by atoms with E-state index in [2.05, 4.69) is 31.4 Å². The van der Waals surface area contributed by atoms with Gasteiger partial charge >= 0.3 is 0 Å². The molecule has 0 aromatic carbocycles. The maximum atomic E-state index is 12.6. The van der Waals surface area contributed by atoms with E-state index in [0.717, 1.165) is 16.8 Å². The van der Waals surface area contributed by atoms with Crippen LogP contribution in [0.1, 0.15) is 19.5 Å². The van der Waals surface area contributed by atoms with Gasteiger partial charge in [-0.2, -0.15) is 10.4 Å². The quantitative estimate of drug-likeness (QED) is 0.364. The average molecular weight is 479 g/mol.